The average Bonchev–Trinajstić information content (AvgIpc) is 2.68. The normalized spacial score (nSPS) is 10.9. The number of hydrogen-bond acceptors (Lipinski definition) is 6. The van der Waals surface area contributed by atoms with Gasteiger partial charge in [-0.1, -0.05) is 39.0 Å². The molecule has 0 atom stereocenters. The summed E-state index contributed by atoms with van der Waals surface area (Å²) in [5.41, 5.74) is 0.400. The van der Waals surface area contributed by atoms with Gasteiger partial charge in [0, 0.05) is 6.61 Å². The number of phenols is 1. The topological polar surface area (TPSA) is 74.2 Å². The number of hydrogen-bond donors (Lipinski definition) is 1. The third-order valence-corrected chi connectivity index (χ3v) is 3.95. The van der Waals surface area contributed by atoms with Crippen molar-refractivity contribution in [1.29, 1.82) is 0 Å². The number of carbonyl (C=O) groups is 1. The Bertz CT molecular complexity index is 474. The predicted molar refractivity (Wildman–Crippen MR) is 104 cm³/mol. The van der Waals surface area contributed by atoms with Gasteiger partial charge >= 0.3 is 5.97 Å². The van der Waals surface area contributed by atoms with Crippen molar-refractivity contribution in [2.24, 2.45) is 0 Å². The van der Waals surface area contributed by atoms with E-state index in [4.69, 9.17) is 18.9 Å². The molecule has 6 nitrogen and oxygen atoms in total. The molecule has 0 aliphatic heterocycles. The molecule has 0 aliphatic rings. The molecule has 6 heteroatoms. The van der Waals surface area contributed by atoms with Gasteiger partial charge in [-0.15, -0.1) is 0 Å². The number of phenolic OH excluding ortho intramolecular Hbond substituents is 1. The Morgan fingerprint density at radius 2 is 1.26 bits per heavy atom. The molecule has 0 aromatic heterocycles. The van der Waals surface area contributed by atoms with Crippen LogP contribution in [0.1, 0.15) is 55.8 Å². The number of aromatic hydroxyl groups is 1. The minimum Gasteiger partial charge on any atom is -0.508 e. The second-order valence-corrected chi connectivity index (χ2v) is 6.29. The number of unbranched alkanes of at least 4 members (excludes halogenated alkanes) is 5. The van der Waals surface area contributed by atoms with Crippen LogP contribution in [-0.4, -0.2) is 57.3 Å². The zero-order valence-electron chi connectivity index (χ0n) is 16.5. The second kappa shape index (κ2) is 16.5. The molecule has 0 heterocycles. The molecule has 1 rings (SSSR count). The molecule has 0 fully saturated rings. The van der Waals surface area contributed by atoms with Crippen LogP contribution < -0.4 is 0 Å². The standard InChI is InChI=1S/C21H34O6/c1-2-3-4-5-6-7-12-24-13-14-25-15-16-26-17-18-27-21(23)19-8-10-20(22)11-9-19/h8-11,22H,2-7,12-18H2,1H3. The Morgan fingerprint density at radius 1 is 0.741 bits per heavy atom. The quantitative estimate of drug-likeness (QED) is 0.325. The SMILES string of the molecule is CCCCCCCCOCCOCCOCCOC(=O)c1ccc(O)cc1. The van der Waals surface area contributed by atoms with Gasteiger partial charge in [0.15, 0.2) is 0 Å². The summed E-state index contributed by atoms with van der Waals surface area (Å²) in [7, 11) is 0. The van der Waals surface area contributed by atoms with Crippen molar-refractivity contribution in [3.8, 4) is 5.75 Å². The average molecular weight is 382 g/mol. The van der Waals surface area contributed by atoms with Crippen molar-refractivity contribution in [3.05, 3.63) is 29.8 Å². The van der Waals surface area contributed by atoms with Gasteiger partial charge in [0.2, 0.25) is 0 Å². The minimum atomic E-state index is -0.433. The number of ether oxygens (including phenoxy) is 4. The fourth-order valence-corrected chi connectivity index (χ4v) is 2.40. The Labute approximate surface area is 162 Å². The first-order valence-electron chi connectivity index (χ1n) is 9.93. The summed E-state index contributed by atoms with van der Waals surface area (Å²) in [5, 5.41) is 9.17. The summed E-state index contributed by atoms with van der Waals surface area (Å²) in [4.78, 5) is 11.7. The van der Waals surface area contributed by atoms with Crippen LogP contribution in [0.15, 0.2) is 24.3 Å². The van der Waals surface area contributed by atoms with E-state index in [0.717, 1.165) is 13.0 Å². The van der Waals surface area contributed by atoms with Crippen molar-refractivity contribution in [2.75, 3.05) is 46.2 Å². The van der Waals surface area contributed by atoms with Crippen LogP contribution in [0.5, 0.6) is 5.75 Å². The Hall–Kier alpha value is -1.63. The summed E-state index contributed by atoms with van der Waals surface area (Å²) in [5.74, 6) is -0.319. The molecule has 0 radical (unpaired) electrons. The van der Waals surface area contributed by atoms with Crippen molar-refractivity contribution >= 4 is 5.97 Å². The summed E-state index contributed by atoms with van der Waals surface area (Å²) in [6.45, 7) is 5.65. The van der Waals surface area contributed by atoms with Gasteiger partial charge in [-0.3, -0.25) is 0 Å². The van der Waals surface area contributed by atoms with Crippen LogP contribution in [-0.2, 0) is 18.9 Å². The van der Waals surface area contributed by atoms with Crippen LogP contribution in [0, 0.1) is 0 Å². The number of rotatable bonds is 17. The predicted octanol–water partition coefficient (Wildman–Crippen LogP) is 3.96. The minimum absolute atomic E-state index is 0.114. The number of esters is 1. The van der Waals surface area contributed by atoms with Gasteiger partial charge in [-0.2, -0.15) is 0 Å². The molecular formula is C21H34O6. The highest BCUT2D eigenvalue weighted by Crippen LogP contribution is 2.10. The zero-order chi connectivity index (χ0) is 19.6. The molecule has 0 saturated carbocycles. The lowest BCUT2D eigenvalue weighted by Gasteiger charge is -2.08. The van der Waals surface area contributed by atoms with Gasteiger partial charge in [-0.25, -0.2) is 4.79 Å². The molecule has 0 bridgehead atoms. The van der Waals surface area contributed by atoms with Crippen molar-refractivity contribution in [1.82, 2.24) is 0 Å². The molecule has 0 amide bonds. The van der Waals surface area contributed by atoms with Crippen LogP contribution in [0.25, 0.3) is 0 Å². The molecule has 1 aromatic carbocycles. The maximum absolute atomic E-state index is 11.7. The van der Waals surface area contributed by atoms with Crippen molar-refractivity contribution in [3.63, 3.8) is 0 Å². The Morgan fingerprint density at radius 3 is 1.89 bits per heavy atom. The monoisotopic (exact) mass is 382 g/mol. The van der Waals surface area contributed by atoms with Crippen LogP contribution in [0.4, 0.5) is 0 Å². The molecule has 0 spiro atoms. The van der Waals surface area contributed by atoms with Crippen molar-refractivity contribution in [2.45, 2.75) is 45.4 Å². The van der Waals surface area contributed by atoms with Gasteiger partial charge in [0.05, 0.1) is 38.6 Å². The summed E-state index contributed by atoms with van der Waals surface area (Å²) in [6.07, 6.45) is 7.60. The lowest BCUT2D eigenvalue weighted by Crippen LogP contribution is -2.14. The highest BCUT2D eigenvalue weighted by molar-refractivity contribution is 5.89. The van der Waals surface area contributed by atoms with Crippen molar-refractivity contribution < 1.29 is 28.8 Å². The first-order valence-corrected chi connectivity index (χ1v) is 9.93. The van der Waals surface area contributed by atoms with E-state index in [1.165, 1.54) is 56.4 Å². The van der Waals surface area contributed by atoms with E-state index in [1.54, 1.807) is 0 Å². The third-order valence-electron chi connectivity index (χ3n) is 3.95. The lowest BCUT2D eigenvalue weighted by atomic mass is 10.1. The zero-order valence-corrected chi connectivity index (χ0v) is 16.5. The number of carbonyl (C=O) groups excluding carboxylic acids is 1. The third kappa shape index (κ3) is 13.2. The van der Waals surface area contributed by atoms with E-state index < -0.39 is 5.97 Å². The molecule has 0 unspecified atom stereocenters. The Kier molecular flexibility index (Phi) is 14.3. The smallest absolute Gasteiger partial charge is 0.338 e. The maximum atomic E-state index is 11.7. The van der Waals surface area contributed by atoms with Gasteiger partial charge < -0.3 is 24.1 Å². The molecule has 0 saturated heterocycles. The lowest BCUT2D eigenvalue weighted by molar-refractivity contribution is 0.000184. The largest absolute Gasteiger partial charge is 0.508 e. The fraction of sp³-hybridized carbons (Fsp3) is 0.667. The van der Waals surface area contributed by atoms with E-state index in [9.17, 15) is 9.90 Å². The van der Waals surface area contributed by atoms with E-state index in [2.05, 4.69) is 6.92 Å². The Balaban J connectivity index is 1.80. The first kappa shape index (κ1) is 23.4. The fourth-order valence-electron chi connectivity index (χ4n) is 2.40. The molecule has 27 heavy (non-hydrogen) atoms. The highest BCUT2D eigenvalue weighted by atomic mass is 16.6. The van der Waals surface area contributed by atoms with Gasteiger partial charge in [-0.05, 0) is 30.7 Å². The van der Waals surface area contributed by atoms with E-state index >= 15 is 0 Å². The van der Waals surface area contributed by atoms with E-state index in [0.29, 0.717) is 38.6 Å². The van der Waals surface area contributed by atoms with Crippen LogP contribution in [0.3, 0.4) is 0 Å². The van der Waals surface area contributed by atoms with E-state index in [1.807, 2.05) is 0 Å². The summed E-state index contributed by atoms with van der Waals surface area (Å²) < 4.78 is 21.4. The summed E-state index contributed by atoms with van der Waals surface area (Å²) in [6, 6.07) is 5.92. The van der Waals surface area contributed by atoms with Gasteiger partial charge in [0.1, 0.15) is 12.4 Å². The highest BCUT2D eigenvalue weighted by Gasteiger charge is 2.06. The van der Waals surface area contributed by atoms with Crippen LogP contribution >= 0.6 is 0 Å². The van der Waals surface area contributed by atoms with E-state index in [-0.39, 0.29) is 12.4 Å². The van der Waals surface area contributed by atoms with Crippen LogP contribution in [0.2, 0.25) is 0 Å². The molecule has 1 aromatic rings. The number of benzene rings is 1. The molecule has 154 valence electrons. The molecule has 1 N–H and O–H groups in total. The second-order valence-electron chi connectivity index (χ2n) is 6.29. The van der Waals surface area contributed by atoms with Gasteiger partial charge in [0.25, 0.3) is 0 Å². The molecular weight excluding hydrogens is 348 g/mol. The maximum Gasteiger partial charge on any atom is 0.338 e. The molecule has 0 aliphatic carbocycles. The summed E-state index contributed by atoms with van der Waals surface area (Å²) >= 11 is 0. The first-order chi connectivity index (χ1) is 13.2.